The van der Waals surface area contributed by atoms with Crippen LogP contribution in [0, 0.1) is 5.92 Å². The minimum Gasteiger partial charge on any atom is -0.446 e. The van der Waals surface area contributed by atoms with E-state index in [1.54, 1.807) is 0 Å². The van der Waals surface area contributed by atoms with Gasteiger partial charge in [0.1, 0.15) is 12.4 Å². The summed E-state index contributed by atoms with van der Waals surface area (Å²) in [6.45, 7) is -0.0289. The van der Waals surface area contributed by atoms with Gasteiger partial charge in [-0.1, -0.05) is 0 Å². The van der Waals surface area contributed by atoms with E-state index in [-0.39, 0.29) is 29.5 Å². The zero-order valence-electron chi connectivity index (χ0n) is 9.17. The van der Waals surface area contributed by atoms with Gasteiger partial charge in [-0.15, -0.1) is 0 Å². The van der Waals surface area contributed by atoms with Crippen LogP contribution < -0.4 is 4.72 Å². The maximum absolute atomic E-state index is 11.7. The highest BCUT2D eigenvalue weighted by molar-refractivity contribution is 7.89. The van der Waals surface area contributed by atoms with Crippen LogP contribution in [0.15, 0.2) is 21.6 Å². The van der Waals surface area contributed by atoms with E-state index in [9.17, 15) is 8.42 Å². The van der Waals surface area contributed by atoms with Crippen molar-refractivity contribution in [1.82, 2.24) is 4.72 Å². The number of aliphatic hydroxyl groups excluding tert-OH is 2. The predicted octanol–water partition coefficient (Wildman–Crippen LogP) is -0.179. The summed E-state index contributed by atoms with van der Waals surface area (Å²) in [5.74, 6) is 0.400. The summed E-state index contributed by atoms with van der Waals surface area (Å²) < 4.78 is 30.9. The molecule has 7 heteroatoms. The molecule has 96 valence electrons. The molecule has 3 N–H and O–H groups in total. The van der Waals surface area contributed by atoms with Crippen molar-refractivity contribution in [3.05, 3.63) is 17.9 Å². The third-order valence-corrected chi connectivity index (χ3v) is 4.13. The molecule has 6 nitrogen and oxygen atoms in total. The lowest BCUT2D eigenvalue weighted by atomic mass is 9.83. The number of aliphatic hydroxyl groups is 2. The number of nitrogens with one attached hydrogen (secondary N) is 1. The Kier molecular flexibility index (Phi) is 3.53. The summed E-state index contributed by atoms with van der Waals surface area (Å²) in [6.07, 6.45) is 0.958. The molecule has 17 heavy (non-hydrogen) atoms. The van der Waals surface area contributed by atoms with Crippen LogP contribution in [-0.4, -0.2) is 31.3 Å². The van der Waals surface area contributed by atoms with Gasteiger partial charge in [0.05, 0.1) is 6.10 Å². The Bertz CT molecular complexity index is 475. The number of sulfonamides is 1. The van der Waals surface area contributed by atoms with Crippen LogP contribution in [0.5, 0.6) is 0 Å². The molecule has 1 saturated carbocycles. The number of rotatable bonds is 5. The molecule has 0 saturated heterocycles. The highest BCUT2D eigenvalue weighted by Gasteiger charge is 2.29. The topological polar surface area (TPSA) is 99.8 Å². The van der Waals surface area contributed by atoms with Gasteiger partial charge >= 0.3 is 0 Å². The maximum atomic E-state index is 11.7. The third kappa shape index (κ3) is 2.86. The van der Waals surface area contributed by atoms with Crippen molar-refractivity contribution in [2.75, 3.05) is 6.54 Å². The highest BCUT2D eigenvalue weighted by atomic mass is 32.2. The van der Waals surface area contributed by atoms with Crippen molar-refractivity contribution in [3.8, 4) is 0 Å². The fourth-order valence-electron chi connectivity index (χ4n) is 1.75. The Morgan fingerprint density at radius 3 is 2.65 bits per heavy atom. The zero-order chi connectivity index (χ0) is 12.5. The van der Waals surface area contributed by atoms with E-state index in [0.29, 0.717) is 19.4 Å². The van der Waals surface area contributed by atoms with E-state index < -0.39 is 10.0 Å². The molecule has 1 aliphatic rings. The van der Waals surface area contributed by atoms with Crippen LogP contribution in [0.25, 0.3) is 0 Å². The monoisotopic (exact) mass is 261 g/mol. The molecule has 2 rings (SSSR count). The average Bonchev–Trinajstić information content (AvgIpc) is 2.72. The normalized spacial score (nSPS) is 24.6. The van der Waals surface area contributed by atoms with Crippen molar-refractivity contribution < 1.29 is 23.0 Å². The van der Waals surface area contributed by atoms with Crippen LogP contribution in [0.3, 0.4) is 0 Å². The van der Waals surface area contributed by atoms with Crippen molar-refractivity contribution in [2.45, 2.75) is 30.6 Å². The van der Waals surface area contributed by atoms with Crippen LogP contribution in [0.1, 0.15) is 18.6 Å². The first-order valence-corrected chi connectivity index (χ1v) is 6.87. The molecule has 1 fully saturated rings. The van der Waals surface area contributed by atoms with Gasteiger partial charge in [-0.25, -0.2) is 13.1 Å². The second-order valence-corrected chi connectivity index (χ2v) is 5.92. The van der Waals surface area contributed by atoms with Gasteiger partial charge in [0.15, 0.2) is 0 Å². The molecule has 0 amide bonds. The SMILES string of the molecule is O=S(=O)(NCC1CC(O)C1)c1ccc(CO)o1. The molecular formula is C10H15NO5S. The lowest BCUT2D eigenvalue weighted by molar-refractivity contribution is 0.0453. The molecule has 0 atom stereocenters. The summed E-state index contributed by atoms with van der Waals surface area (Å²) >= 11 is 0. The molecule has 1 aromatic heterocycles. The first kappa shape index (κ1) is 12.6. The van der Waals surface area contributed by atoms with Crippen molar-refractivity contribution in [2.24, 2.45) is 5.92 Å². The van der Waals surface area contributed by atoms with Gasteiger partial charge in [-0.3, -0.25) is 0 Å². The van der Waals surface area contributed by atoms with Crippen LogP contribution in [-0.2, 0) is 16.6 Å². The standard InChI is InChI=1S/C10H15NO5S/c12-6-9-1-2-10(16-9)17(14,15)11-5-7-3-8(13)4-7/h1-2,7-8,11-13H,3-6H2. The first-order chi connectivity index (χ1) is 8.01. The molecule has 0 radical (unpaired) electrons. The van der Waals surface area contributed by atoms with E-state index in [1.165, 1.54) is 12.1 Å². The molecule has 0 bridgehead atoms. The van der Waals surface area contributed by atoms with E-state index in [1.807, 2.05) is 0 Å². The predicted molar refractivity (Wildman–Crippen MR) is 58.6 cm³/mol. The lowest BCUT2D eigenvalue weighted by Crippen LogP contribution is -2.38. The maximum Gasteiger partial charge on any atom is 0.273 e. The Labute approximate surface area is 99.3 Å². The van der Waals surface area contributed by atoms with Gasteiger partial charge < -0.3 is 14.6 Å². The van der Waals surface area contributed by atoms with Crippen LogP contribution in [0.2, 0.25) is 0 Å². The number of hydrogen-bond donors (Lipinski definition) is 3. The Hall–Kier alpha value is -0.890. The van der Waals surface area contributed by atoms with Crippen LogP contribution in [0.4, 0.5) is 0 Å². The summed E-state index contributed by atoms with van der Waals surface area (Å²) in [5, 5.41) is 17.7. The summed E-state index contributed by atoms with van der Waals surface area (Å²) in [4.78, 5) is 0. The van der Waals surface area contributed by atoms with Crippen molar-refractivity contribution >= 4 is 10.0 Å². The van der Waals surface area contributed by atoms with Crippen molar-refractivity contribution in [1.29, 1.82) is 0 Å². The highest BCUT2D eigenvalue weighted by Crippen LogP contribution is 2.26. The minimum absolute atomic E-state index is 0.187. The second kappa shape index (κ2) is 4.77. The second-order valence-electron chi connectivity index (χ2n) is 4.22. The van der Waals surface area contributed by atoms with E-state index in [4.69, 9.17) is 14.6 Å². The molecule has 1 heterocycles. The largest absolute Gasteiger partial charge is 0.446 e. The molecule has 0 aromatic carbocycles. The molecule has 1 aromatic rings. The quantitative estimate of drug-likeness (QED) is 0.683. The minimum atomic E-state index is -3.65. The molecule has 0 spiro atoms. The zero-order valence-corrected chi connectivity index (χ0v) is 9.98. The summed E-state index contributed by atoms with van der Waals surface area (Å²) in [7, 11) is -3.65. The molecule has 0 aliphatic heterocycles. The summed E-state index contributed by atoms with van der Waals surface area (Å²) in [6, 6.07) is 2.73. The van der Waals surface area contributed by atoms with Crippen molar-refractivity contribution in [3.63, 3.8) is 0 Å². The lowest BCUT2D eigenvalue weighted by Gasteiger charge is -2.31. The van der Waals surface area contributed by atoms with E-state index in [0.717, 1.165) is 0 Å². The van der Waals surface area contributed by atoms with Gasteiger partial charge in [0.25, 0.3) is 10.0 Å². The number of furan rings is 1. The van der Waals surface area contributed by atoms with Gasteiger partial charge in [0.2, 0.25) is 5.09 Å². The van der Waals surface area contributed by atoms with E-state index >= 15 is 0 Å². The fourth-order valence-corrected chi connectivity index (χ4v) is 2.81. The van der Waals surface area contributed by atoms with E-state index in [2.05, 4.69) is 4.72 Å². The van der Waals surface area contributed by atoms with Gasteiger partial charge in [-0.2, -0.15) is 0 Å². The average molecular weight is 261 g/mol. The smallest absolute Gasteiger partial charge is 0.273 e. The third-order valence-electron chi connectivity index (χ3n) is 2.83. The molecule has 0 unspecified atom stereocenters. The molecular weight excluding hydrogens is 246 g/mol. The Balaban J connectivity index is 1.94. The molecule has 1 aliphatic carbocycles. The summed E-state index contributed by atoms with van der Waals surface area (Å²) in [5.41, 5.74) is 0. The van der Waals surface area contributed by atoms with Gasteiger partial charge in [-0.05, 0) is 30.9 Å². The number of hydrogen-bond acceptors (Lipinski definition) is 5. The first-order valence-electron chi connectivity index (χ1n) is 5.38. The Morgan fingerprint density at radius 2 is 2.12 bits per heavy atom. The fraction of sp³-hybridized carbons (Fsp3) is 0.600. The Morgan fingerprint density at radius 1 is 1.41 bits per heavy atom. The van der Waals surface area contributed by atoms with Crippen LogP contribution >= 0.6 is 0 Å². The van der Waals surface area contributed by atoms with Gasteiger partial charge in [0, 0.05) is 6.54 Å².